The molecule has 0 radical (unpaired) electrons. The number of hydrogen-bond acceptors (Lipinski definition) is 7. The lowest BCUT2D eigenvalue weighted by molar-refractivity contribution is 0.959. The van der Waals surface area contributed by atoms with E-state index >= 15 is 0 Å². The maximum absolute atomic E-state index is 10.3. The van der Waals surface area contributed by atoms with Gasteiger partial charge >= 0.3 is 0 Å². The number of benzene rings is 1. The van der Waals surface area contributed by atoms with Crippen LogP contribution in [0.1, 0.15) is 0 Å². The van der Waals surface area contributed by atoms with Crippen LogP contribution in [0, 0.1) is 4.91 Å². The fourth-order valence-electron chi connectivity index (χ4n) is 1.47. The highest BCUT2D eigenvalue weighted by molar-refractivity contribution is 6.00. The molecule has 0 saturated carbocycles. The monoisotopic (exact) mass is 212 g/mol. The summed E-state index contributed by atoms with van der Waals surface area (Å²) in [6.45, 7) is 0. The normalized spacial score (nSPS) is 10.8. The van der Waals surface area contributed by atoms with Crippen molar-refractivity contribution in [3.8, 4) is 0 Å². The highest BCUT2D eigenvalue weighted by atomic mass is 16.3. The first kappa shape index (κ1) is 8.72. The van der Waals surface area contributed by atoms with Crippen LogP contribution in [0.4, 0.5) is 5.82 Å². The van der Waals surface area contributed by atoms with Gasteiger partial charge in [0, 0.05) is 5.39 Å². The first-order chi connectivity index (χ1) is 7.88. The molecule has 16 heavy (non-hydrogen) atoms. The molecule has 0 atom stereocenters. The first-order valence-corrected chi connectivity index (χ1v) is 4.47. The lowest BCUT2D eigenvalue weighted by Gasteiger charge is -1.89. The highest BCUT2D eigenvalue weighted by Gasteiger charge is 2.05. The van der Waals surface area contributed by atoms with E-state index in [1.807, 2.05) is 6.07 Å². The smallest absolute Gasteiger partial charge is 0.146 e. The molecule has 0 spiro atoms. The molecule has 2 heterocycles. The predicted octanol–water partition coefficient (Wildman–Crippen LogP) is 1.37. The van der Waals surface area contributed by atoms with Crippen molar-refractivity contribution in [3.05, 3.63) is 29.2 Å². The summed E-state index contributed by atoms with van der Waals surface area (Å²) in [6, 6.07) is 6.81. The first-order valence-electron chi connectivity index (χ1n) is 4.47. The minimum atomic E-state index is 0.0248. The summed E-state index contributed by atoms with van der Waals surface area (Å²) < 4.78 is 0. The number of hydrogen-bond donors (Lipinski definition) is 0. The van der Waals surface area contributed by atoms with E-state index < -0.39 is 0 Å². The second kappa shape index (κ2) is 3.23. The number of nitrogens with zero attached hydrogens (tertiary/aromatic N) is 6. The minimum Gasteiger partial charge on any atom is -0.146 e. The van der Waals surface area contributed by atoms with Gasteiger partial charge in [-0.3, -0.25) is 0 Å². The molecular formula is C9H4N6O. The third-order valence-electron chi connectivity index (χ3n) is 2.22. The standard InChI is InChI=1S/C9H4N6O/c16-14-7-4-2-5-1-3-6-9(13-15-10-6)8(5)12-11-7/h1-4H. The van der Waals surface area contributed by atoms with E-state index in [0.29, 0.717) is 16.6 Å². The van der Waals surface area contributed by atoms with Crippen molar-refractivity contribution in [2.75, 3.05) is 0 Å². The van der Waals surface area contributed by atoms with Gasteiger partial charge in [0.05, 0.1) is 0 Å². The fourth-order valence-corrected chi connectivity index (χ4v) is 1.47. The van der Waals surface area contributed by atoms with Crippen LogP contribution in [0.25, 0.3) is 21.9 Å². The van der Waals surface area contributed by atoms with Gasteiger partial charge in [-0.15, -0.1) is 25.3 Å². The molecule has 76 valence electrons. The zero-order chi connectivity index (χ0) is 11.0. The minimum absolute atomic E-state index is 0.0248. The second-order valence-corrected chi connectivity index (χ2v) is 3.14. The van der Waals surface area contributed by atoms with E-state index in [2.05, 4.69) is 30.8 Å². The largest absolute Gasteiger partial charge is 0.218 e. The van der Waals surface area contributed by atoms with Crippen molar-refractivity contribution in [1.82, 2.24) is 25.6 Å². The van der Waals surface area contributed by atoms with E-state index in [-0.39, 0.29) is 5.82 Å². The second-order valence-electron chi connectivity index (χ2n) is 3.14. The molecule has 3 rings (SSSR count). The van der Waals surface area contributed by atoms with Crippen molar-refractivity contribution in [1.29, 1.82) is 0 Å². The number of aromatic nitrogens is 5. The van der Waals surface area contributed by atoms with Gasteiger partial charge < -0.3 is 0 Å². The zero-order valence-corrected chi connectivity index (χ0v) is 7.90. The van der Waals surface area contributed by atoms with E-state index in [1.54, 1.807) is 12.1 Å². The predicted molar refractivity (Wildman–Crippen MR) is 55.9 cm³/mol. The molecule has 0 unspecified atom stereocenters. The molecule has 1 aromatic carbocycles. The van der Waals surface area contributed by atoms with Crippen LogP contribution in [0.15, 0.2) is 29.4 Å². The third kappa shape index (κ3) is 1.18. The number of fused-ring (bicyclic) bond motifs is 3. The van der Waals surface area contributed by atoms with Crippen LogP contribution < -0.4 is 0 Å². The van der Waals surface area contributed by atoms with Crippen LogP contribution in [-0.2, 0) is 0 Å². The SMILES string of the molecule is O=Nc1ccc2ccc3nnnc3c2nn1. The maximum atomic E-state index is 10.3. The van der Waals surface area contributed by atoms with E-state index in [4.69, 9.17) is 0 Å². The zero-order valence-electron chi connectivity index (χ0n) is 7.90. The number of rotatable bonds is 1. The quantitative estimate of drug-likeness (QED) is 0.565. The van der Waals surface area contributed by atoms with Crippen molar-refractivity contribution in [2.24, 2.45) is 5.18 Å². The Morgan fingerprint density at radius 3 is 2.62 bits per heavy atom. The van der Waals surface area contributed by atoms with Gasteiger partial charge in [0.25, 0.3) is 0 Å². The van der Waals surface area contributed by atoms with Gasteiger partial charge in [-0.05, 0) is 28.6 Å². The summed E-state index contributed by atoms with van der Waals surface area (Å²) in [5, 5.41) is 22.4. The molecule has 0 aliphatic carbocycles. The molecule has 2 aromatic heterocycles. The Labute approximate surface area is 88.5 Å². The fraction of sp³-hybridized carbons (Fsp3) is 0. The van der Waals surface area contributed by atoms with Crippen molar-refractivity contribution >= 4 is 27.8 Å². The molecule has 0 N–H and O–H groups in total. The topological polar surface area (TPSA) is 93.9 Å². The van der Waals surface area contributed by atoms with Crippen LogP contribution in [0.3, 0.4) is 0 Å². The van der Waals surface area contributed by atoms with Crippen LogP contribution in [0.2, 0.25) is 0 Å². The molecule has 3 aromatic rings. The summed E-state index contributed by atoms with van der Waals surface area (Å²) in [5.41, 5.74) is 1.77. The third-order valence-corrected chi connectivity index (χ3v) is 2.22. The molecule has 0 fully saturated rings. The Hall–Kier alpha value is -2.57. The van der Waals surface area contributed by atoms with Crippen molar-refractivity contribution in [3.63, 3.8) is 0 Å². The van der Waals surface area contributed by atoms with Gasteiger partial charge in [0.2, 0.25) is 5.82 Å². The lowest BCUT2D eigenvalue weighted by Crippen LogP contribution is -1.78. The molecule has 0 aliphatic rings. The van der Waals surface area contributed by atoms with Crippen LogP contribution >= 0.6 is 0 Å². The molecule has 7 heteroatoms. The average molecular weight is 212 g/mol. The summed E-state index contributed by atoms with van der Waals surface area (Å²) >= 11 is 0. The van der Waals surface area contributed by atoms with Crippen molar-refractivity contribution < 1.29 is 0 Å². The van der Waals surface area contributed by atoms with Gasteiger partial charge in [-0.2, -0.15) is 0 Å². The maximum Gasteiger partial charge on any atom is 0.218 e. The average Bonchev–Trinajstić information content (AvgIpc) is 2.69. The summed E-state index contributed by atoms with van der Waals surface area (Å²) in [4.78, 5) is 10.3. The van der Waals surface area contributed by atoms with E-state index in [9.17, 15) is 4.91 Å². The molecule has 0 saturated heterocycles. The Bertz CT molecular complexity index is 698. The Balaban J connectivity index is 2.50. The molecule has 0 amide bonds. The molecular weight excluding hydrogens is 208 g/mol. The summed E-state index contributed by atoms with van der Waals surface area (Å²) in [5.74, 6) is 0.0248. The van der Waals surface area contributed by atoms with E-state index in [1.165, 1.54) is 6.07 Å². The molecule has 0 aliphatic heterocycles. The lowest BCUT2D eigenvalue weighted by atomic mass is 10.2. The van der Waals surface area contributed by atoms with Gasteiger partial charge in [0.1, 0.15) is 16.6 Å². The Morgan fingerprint density at radius 2 is 1.75 bits per heavy atom. The molecule has 7 nitrogen and oxygen atoms in total. The number of nitroso groups, excluding NO2 is 1. The summed E-state index contributed by atoms with van der Waals surface area (Å²) in [7, 11) is 0. The van der Waals surface area contributed by atoms with Crippen LogP contribution in [-0.4, -0.2) is 25.6 Å². The Kier molecular flexibility index (Phi) is 1.76. The van der Waals surface area contributed by atoms with Crippen LogP contribution in [0.5, 0.6) is 0 Å². The highest BCUT2D eigenvalue weighted by Crippen LogP contribution is 2.19. The van der Waals surface area contributed by atoms with Gasteiger partial charge in [-0.1, -0.05) is 6.07 Å². The Morgan fingerprint density at radius 1 is 0.875 bits per heavy atom. The van der Waals surface area contributed by atoms with Gasteiger partial charge in [-0.25, -0.2) is 0 Å². The van der Waals surface area contributed by atoms with Gasteiger partial charge in [0.15, 0.2) is 0 Å². The molecule has 0 bridgehead atoms. The summed E-state index contributed by atoms with van der Waals surface area (Å²) in [6.07, 6.45) is 0. The van der Waals surface area contributed by atoms with Crippen molar-refractivity contribution in [2.45, 2.75) is 0 Å². The van der Waals surface area contributed by atoms with E-state index in [0.717, 1.165) is 5.39 Å².